The molecule has 0 spiro atoms. The van der Waals surface area contributed by atoms with E-state index >= 15 is 0 Å². The van der Waals surface area contributed by atoms with Crippen molar-refractivity contribution in [3.63, 3.8) is 0 Å². The molecule has 1 aromatic carbocycles. The summed E-state index contributed by atoms with van der Waals surface area (Å²) < 4.78 is 42.7. The minimum atomic E-state index is -3.42. The van der Waals surface area contributed by atoms with Gasteiger partial charge < -0.3 is 15.1 Å². The molecule has 2 N–H and O–H groups in total. The molecule has 1 aliphatic heterocycles. The summed E-state index contributed by atoms with van der Waals surface area (Å²) in [6.45, 7) is 2.93. The van der Waals surface area contributed by atoms with Gasteiger partial charge in [-0.05, 0) is 54.7 Å². The smallest absolute Gasteiger partial charge is 0.256 e. The zero-order valence-corrected chi connectivity index (χ0v) is 18.9. The molecule has 1 aliphatic rings. The second-order valence-corrected chi connectivity index (χ2v) is 10.5. The van der Waals surface area contributed by atoms with Crippen LogP contribution in [0.5, 0.6) is 0 Å². The molecule has 2 aromatic heterocycles. The number of furan rings is 1. The molecule has 170 valence electrons. The van der Waals surface area contributed by atoms with Gasteiger partial charge in [0.1, 0.15) is 23.3 Å². The minimum Gasteiger partial charge on any atom is -0.437 e. The molecular formula is C23H26FN3O4S. The van der Waals surface area contributed by atoms with Crippen LogP contribution in [0.2, 0.25) is 0 Å². The third-order valence-electron chi connectivity index (χ3n) is 5.68. The van der Waals surface area contributed by atoms with Crippen molar-refractivity contribution in [1.29, 1.82) is 0 Å². The first-order chi connectivity index (χ1) is 15.2. The number of anilines is 1. The van der Waals surface area contributed by atoms with E-state index in [0.29, 0.717) is 10.9 Å². The number of sulfone groups is 1. The van der Waals surface area contributed by atoms with Crippen molar-refractivity contribution in [3.8, 4) is 11.3 Å². The van der Waals surface area contributed by atoms with Gasteiger partial charge >= 0.3 is 0 Å². The number of nitrogens with zero attached hydrogens (tertiary/aromatic N) is 1. The van der Waals surface area contributed by atoms with Crippen molar-refractivity contribution in [3.05, 3.63) is 47.3 Å². The molecule has 0 aliphatic carbocycles. The van der Waals surface area contributed by atoms with Gasteiger partial charge in [-0.1, -0.05) is 19.8 Å². The Bertz CT molecular complexity index is 1250. The number of nitrogens with one attached hydrogen (secondary N) is 2. The molecule has 0 fully saturated rings. The number of hydrogen-bond donors (Lipinski definition) is 2. The molecule has 7 nitrogen and oxygen atoms in total. The van der Waals surface area contributed by atoms with Crippen LogP contribution in [0.25, 0.3) is 22.4 Å². The van der Waals surface area contributed by atoms with Gasteiger partial charge in [0.05, 0.1) is 10.9 Å². The lowest BCUT2D eigenvalue weighted by Crippen LogP contribution is -2.29. The number of aromatic nitrogens is 1. The molecule has 9 heteroatoms. The van der Waals surface area contributed by atoms with E-state index in [1.165, 1.54) is 24.3 Å². The molecular weight excluding hydrogens is 433 g/mol. The van der Waals surface area contributed by atoms with Crippen LogP contribution in [0.1, 0.15) is 54.4 Å². The largest absolute Gasteiger partial charge is 0.437 e. The number of fused-ring (bicyclic) bond motifs is 2. The van der Waals surface area contributed by atoms with Crippen molar-refractivity contribution < 1.29 is 22.0 Å². The van der Waals surface area contributed by atoms with E-state index in [1.54, 1.807) is 0 Å². The van der Waals surface area contributed by atoms with Crippen molar-refractivity contribution in [2.45, 2.75) is 38.5 Å². The van der Waals surface area contributed by atoms with Gasteiger partial charge in [0.15, 0.2) is 9.84 Å². The quantitative estimate of drug-likeness (QED) is 0.598. The predicted octanol–water partition coefficient (Wildman–Crippen LogP) is 4.46. The minimum absolute atomic E-state index is 0.192. The Kier molecular flexibility index (Phi) is 6.19. The van der Waals surface area contributed by atoms with E-state index in [0.717, 1.165) is 49.9 Å². The highest BCUT2D eigenvalue weighted by Gasteiger charge is 2.26. The molecule has 0 radical (unpaired) electrons. The average molecular weight is 460 g/mol. The lowest BCUT2D eigenvalue weighted by atomic mass is 9.94. The average Bonchev–Trinajstić information content (AvgIpc) is 3.14. The number of carbonyl (C=O) groups excluding carboxylic acids is 1. The standard InChI is InChI=1S/C23H26FN3O4S/c1-14-6-4-3-5-11-25-21-17(14)12-18-19(22(28)26-13-32(2,29)30)20(31-23(18)27-21)15-7-9-16(24)10-8-15/h7-10,12,14H,3-6,11,13H2,1-2H3,(H,25,27)(H,26,28). The van der Waals surface area contributed by atoms with E-state index in [9.17, 15) is 17.6 Å². The summed E-state index contributed by atoms with van der Waals surface area (Å²) in [6.07, 6.45) is 5.33. The highest BCUT2D eigenvalue weighted by atomic mass is 32.2. The molecule has 3 heterocycles. The fourth-order valence-corrected chi connectivity index (χ4v) is 4.38. The molecule has 1 atom stereocenters. The fourth-order valence-electron chi connectivity index (χ4n) is 3.99. The van der Waals surface area contributed by atoms with Crippen molar-refractivity contribution in [2.24, 2.45) is 0 Å². The predicted molar refractivity (Wildman–Crippen MR) is 122 cm³/mol. The second-order valence-electron chi connectivity index (χ2n) is 8.35. The zero-order valence-electron chi connectivity index (χ0n) is 18.1. The van der Waals surface area contributed by atoms with Crippen LogP contribution in [0.15, 0.2) is 34.7 Å². The Hall–Kier alpha value is -2.94. The topological polar surface area (TPSA) is 101 Å². The summed E-state index contributed by atoms with van der Waals surface area (Å²) in [5.41, 5.74) is 1.95. The first-order valence-corrected chi connectivity index (χ1v) is 12.7. The van der Waals surface area contributed by atoms with Gasteiger partial charge in [-0.15, -0.1) is 0 Å². The summed E-state index contributed by atoms with van der Waals surface area (Å²) in [5.74, 6) is -0.320. The Labute approximate surface area is 186 Å². The third kappa shape index (κ3) is 4.77. The van der Waals surface area contributed by atoms with Crippen molar-refractivity contribution >= 4 is 32.7 Å². The number of halogens is 1. The number of rotatable bonds is 4. The van der Waals surface area contributed by atoms with Crippen molar-refractivity contribution in [1.82, 2.24) is 10.3 Å². The van der Waals surface area contributed by atoms with E-state index in [1.807, 2.05) is 6.07 Å². The summed E-state index contributed by atoms with van der Waals surface area (Å²) in [6, 6.07) is 7.50. The SMILES string of the molecule is CC1CCCCCNc2nc3oc(-c4ccc(F)cc4)c(C(=O)NCS(C)(=O)=O)c3cc21. The number of amides is 1. The maximum absolute atomic E-state index is 13.5. The van der Waals surface area contributed by atoms with Crippen molar-refractivity contribution in [2.75, 3.05) is 24.0 Å². The van der Waals surface area contributed by atoms with Gasteiger partial charge in [0.25, 0.3) is 5.91 Å². The summed E-state index contributed by atoms with van der Waals surface area (Å²) in [4.78, 5) is 17.8. The molecule has 0 saturated carbocycles. The van der Waals surface area contributed by atoms with Gasteiger partial charge in [0, 0.05) is 18.4 Å². The van der Waals surface area contributed by atoms with E-state index in [-0.39, 0.29) is 23.0 Å². The maximum Gasteiger partial charge on any atom is 0.256 e. The summed E-state index contributed by atoms with van der Waals surface area (Å²) in [5, 5.41) is 6.34. The van der Waals surface area contributed by atoms with Gasteiger partial charge in [-0.2, -0.15) is 4.98 Å². The zero-order chi connectivity index (χ0) is 22.9. The molecule has 32 heavy (non-hydrogen) atoms. The Morgan fingerprint density at radius 1 is 1.25 bits per heavy atom. The first kappa shape index (κ1) is 22.3. The Morgan fingerprint density at radius 2 is 2.00 bits per heavy atom. The molecule has 0 saturated heterocycles. The number of benzene rings is 1. The van der Waals surface area contributed by atoms with E-state index < -0.39 is 27.4 Å². The monoisotopic (exact) mass is 459 g/mol. The highest BCUT2D eigenvalue weighted by Crippen LogP contribution is 2.38. The van der Waals surface area contributed by atoms with Crippen LogP contribution in [-0.4, -0.2) is 38.0 Å². The number of hydrogen-bond acceptors (Lipinski definition) is 6. The second kappa shape index (κ2) is 8.90. The summed E-state index contributed by atoms with van der Waals surface area (Å²) >= 11 is 0. The summed E-state index contributed by atoms with van der Waals surface area (Å²) in [7, 11) is -3.42. The van der Waals surface area contributed by atoms with Crippen LogP contribution < -0.4 is 10.6 Å². The van der Waals surface area contributed by atoms with E-state index in [2.05, 4.69) is 22.5 Å². The van der Waals surface area contributed by atoms with Crippen LogP contribution >= 0.6 is 0 Å². The Balaban J connectivity index is 1.89. The molecule has 1 amide bonds. The Morgan fingerprint density at radius 3 is 2.72 bits per heavy atom. The molecule has 4 rings (SSSR count). The number of pyridine rings is 1. The van der Waals surface area contributed by atoms with Crippen LogP contribution in [-0.2, 0) is 9.84 Å². The molecule has 1 unspecified atom stereocenters. The van der Waals surface area contributed by atoms with Crippen LogP contribution in [0, 0.1) is 5.82 Å². The normalized spacial score (nSPS) is 17.0. The molecule has 0 bridgehead atoms. The lowest BCUT2D eigenvalue weighted by molar-refractivity contribution is 0.0961. The fraction of sp³-hybridized carbons (Fsp3) is 0.391. The van der Waals surface area contributed by atoms with E-state index in [4.69, 9.17) is 4.42 Å². The lowest BCUT2D eigenvalue weighted by Gasteiger charge is -2.15. The van der Waals surface area contributed by atoms with Gasteiger partial charge in [0.2, 0.25) is 5.71 Å². The molecule has 3 aromatic rings. The van der Waals surface area contributed by atoms with Crippen LogP contribution in [0.3, 0.4) is 0 Å². The van der Waals surface area contributed by atoms with Gasteiger partial charge in [-0.25, -0.2) is 12.8 Å². The third-order valence-corrected chi connectivity index (χ3v) is 6.35. The number of carbonyl (C=O) groups is 1. The van der Waals surface area contributed by atoms with Gasteiger partial charge in [-0.3, -0.25) is 4.79 Å². The maximum atomic E-state index is 13.5. The first-order valence-electron chi connectivity index (χ1n) is 10.7. The highest BCUT2D eigenvalue weighted by molar-refractivity contribution is 7.90. The van der Waals surface area contributed by atoms with Crippen LogP contribution in [0.4, 0.5) is 10.2 Å².